The molecule has 0 bridgehead atoms. The van der Waals surface area contributed by atoms with Crippen molar-refractivity contribution in [3.8, 4) is 11.8 Å². The van der Waals surface area contributed by atoms with Crippen LogP contribution in [0.25, 0.3) is 0 Å². The van der Waals surface area contributed by atoms with Gasteiger partial charge in [-0.15, -0.1) is 0 Å². The minimum absolute atomic E-state index is 0.405. The summed E-state index contributed by atoms with van der Waals surface area (Å²) in [5, 5.41) is 0.620. The lowest BCUT2D eigenvalue weighted by Crippen LogP contribution is -1.90. The Bertz CT molecular complexity index is 352. The maximum Gasteiger partial charge on any atom is 0.107 e. The van der Waals surface area contributed by atoms with Crippen LogP contribution in [-0.4, -0.2) is 13.7 Å². The predicted octanol–water partition coefficient (Wildman–Crippen LogP) is 1.92. The van der Waals surface area contributed by atoms with Crippen LogP contribution in [0.5, 0.6) is 0 Å². The van der Waals surface area contributed by atoms with Crippen LogP contribution >= 0.6 is 11.6 Å². The lowest BCUT2D eigenvalue weighted by atomic mass is 10.2. The minimum atomic E-state index is 0.405. The Kier molecular flexibility index (Phi) is 3.63. The fraction of sp³-hybridized carbons (Fsp3) is 0.200. The molecule has 0 spiro atoms. The average molecular weight is 196 g/mol. The van der Waals surface area contributed by atoms with Gasteiger partial charge in [0.2, 0.25) is 0 Å². The maximum absolute atomic E-state index is 5.73. The third-order valence-corrected chi connectivity index (χ3v) is 1.69. The topological polar surface area (TPSA) is 35.2 Å². The Morgan fingerprint density at radius 1 is 1.54 bits per heavy atom. The molecule has 13 heavy (non-hydrogen) atoms. The van der Waals surface area contributed by atoms with E-state index in [9.17, 15) is 0 Å². The van der Waals surface area contributed by atoms with Gasteiger partial charge >= 0.3 is 0 Å². The second-order valence-electron chi connectivity index (χ2n) is 2.47. The number of hydrogen-bond donors (Lipinski definition) is 1. The number of ether oxygens (including phenoxy) is 1. The van der Waals surface area contributed by atoms with Crippen molar-refractivity contribution >= 4 is 17.3 Å². The highest BCUT2D eigenvalue weighted by molar-refractivity contribution is 6.30. The van der Waals surface area contributed by atoms with Gasteiger partial charge in [0, 0.05) is 23.4 Å². The normalized spacial score (nSPS) is 9.08. The predicted molar refractivity (Wildman–Crippen MR) is 54.6 cm³/mol. The number of anilines is 1. The molecule has 1 aromatic carbocycles. The Morgan fingerprint density at radius 2 is 2.31 bits per heavy atom. The van der Waals surface area contributed by atoms with Gasteiger partial charge in [-0.2, -0.15) is 0 Å². The highest BCUT2D eigenvalue weighted by Crippen LogP contribution is 2.16. The van der Waals surface area contributed by atoms with E-state index in [4.69, 9.17) is 22.1 Å². The number of nitrogen functional groups attached to an aromatic ring is 1. The second kappa shape index (κ2) is 4.76. The van der Waals surface area contributed by atoms with Gasteiger partial charge < -0.3 is 10.5 Å². The fourth-order valence-electron chi connectivity index (χ4n) is 0.851. The van der Waals surface area contributed by atoms with Gasteiger partial charge in [0.1, 0.15) is 6.61 Å². The van der Waals surface area contributed by atoms with Crippen molar-refractivity contribution in [1.29, 1.82) is 0 Å². The van der Waals surface area contributed by atoms with Crippen molar-refractivity contribution in [2.45, 2.75) is 0 Å². The molecule has 0 heterocycles. The van der Waals surface area contributed by atoms with Crippen LogP contribution < -0.4 is 5.73 Å². The molecule has 0 aromatic heterocycles. The van der Waals surface area contributed by atoms with Crippen molar-refractivity contribution in [2.75, 3.05) is 19.5 Å². The van der Waals surface area contributed by atoms with Crippen LogP contribution in [0.1, 0.15) is 5.56 Å². The van der Waals surface area contributed by atoms with Crippen molar-refractivity contribution in [3.05, 3.63) is 28.8 Å². The standard InChI is InChI=1S/C10H10ClNO/c1-13-6-2-3-8-4-5-9(11)7-10(8)12/h4-5,7H,6,12H2,1H3. The molecule has 0 fully saturated rings. The molecule has 1 rings (SSSR count). The molecule has 68 valence electrons. The first kappa shape index (κ1) is 9.91. The molecule has 0 radical (unpaired) electrons. The summed E-state index contributed by atoms with van der Waals surface area (Å²) in [5.74, 6) is 5.70. The van der Waals surface area contributed by atoms with E-state index in [1.807, 2.05) is 0 Å². The van der Waals surface area contributed by atoms with Crippen molar-refractivity contribution in [2.24, 2.45) is 0 Å². The van der Waals surface area contributed by atoms with E-state index in [1.54, 1.807) is 25.3 Å². The van der Waals surface area contributed by atoms with Crippen molar-refractivity contribution in [3.63, 3.8) is 0 Å². The van der Waals surface area contributed by atoms with Crippen LogP contribution in [0.3, 0.4) is 0 Å². The van der Waals surface area contributed by atoms with E-state index in [-0.39, 0.29) is 0 Å². The largest absolute Gasteiger partial charge is 0.398 e. The molecular formula is C10H10ClNO. The van der Waals surface area contributed by atoms with Crippen LogP contribution in [0.2, 0.25) is 5.02 Å². The van der Waals surface area contributed by atoms with E-state index < -0.39 is 0 Å². The molecule has 2 N–H and O–H groups in total. The Labute approximate surface area is 82.6 Å². The number of nitrogens with two attached hydrogens (primary N) is 1. The van der Waals surface area contributed by atoms with Crippen molar-refractivity contribution in [1.82, 2.24) is 0 Å². The fourth-order valence-corrected chi connectivity index (χ4v) is 1.03. The summed E-state index contributed by atoms with van der Waals surface area (Å²) in [6.07, 6.45) is 0. The smallest absolute Gasteiger partial charge is 0.107 e. The molecule has 0 saturated carbocycles. The number of halogens is 1. The monoisotopic (exact) mass is 195 g/mol. The molecule has 0 aliphatic carbocycles. The number of benzene rings is 1. The summed E-state index contributed by atoms with van der Waals surface area (Å²) in [6.45, 7) is 0.405. The van der Waals surface area contributed by atoms with Crippen molar-refractivity contribution < 1.29 is 4.74 Å². The Morgan fingerprint density at radius 3 is 2.92 bits per heavy atom. The summed E-state index contributed by atoms with van der Waals surface area (Å²) >= 11 is 5.73. The summed E-state index contributed by atoms with van der Waals surface area (Å²) < 4.78 is 4.79. The summed E-state index contributed by atoms with van der Waals surface area (Å²) in [7, 11) is 1.60. The highest BCUT2D eigenvalue weighted by Gasteiger charge is 1.95. The summed E-state index contributed by atoms with van der Waals surface area (Å²) in [5.41, 5.74) is 7.05. The van der Waals surface area contributed by atoms with Crippen LogP contribution in [0, 0.1) is 11.8 Å². The van der Waals surface area contributed by atoms with Gasteiger partial charge in [0.15, 0.2) is 0 Å². The average Bonchev–Trinajstić information content (AvgIpc) is 2.09. The van der Waals surface area contributed by atoms with Crippen LogP contribution in [-0.2, 0) is 4.74 Å². The molecule has 1 aromatic rings. The van der Waals surface area contributed by atoms with Gasteiger partial charge in [0.25, 0.3) is 0 Å². The van der Waals surface area contributed by atoms with E-state index in [0.29, 0.717) is 17.3 Å². The number of rotatable bonds is 1. The summed E-state index contributed by atoms with van der Waals surface area (Å²) in [4.78, 5) is 0. The second-order valence-corrected chi connectivity index (χ2v) is 2.90. The molecule has 0 aliphatic rings. The molecule has 0 saturated heterocycles. The van der Waals surface area contributed by atoms with Gasteiger partial charge in [0.05, 0.1) is 0 Å². The first-order valence-electron chi connectivity index (χ1n) is 3.77. The molecule has 2 nitrogen and oxygen atoms in total. The van der Waals surface area contributed by atoms with Crippen LogP contribution in [0.4, 0.5) is 5.69 Å². The van der Waals surface area contributed by atoms with Gasteiger partial charge in [-0.3, -0.25) is 0 Å². The zero-order valence-electron chi connectivity index (χ0n) is 7.30. The maximum atomic E-state index is 5.73. The van der Waals surface area contributed by atoms with E-state index in [2.05, 4.69) is 11.8 Å². The zero-order chi connectivity index (χ0) is 9.68. The SMILES string of the molecule is COCC#Cc1ccc(Cl)cc1N. The lowest BCUT2D eigenvalue weighted by molar-refractivity contribution is 0.240. The van der Waals surface area contributed by atoms with E-state index in [0.717, 1.165) is 5.56 Å². The zero-order valence-corrected chi connectivity index (χ0v) is 8.06. The van der Waals surface area contributed by atoms with Gasteiger partial charge in [-0.05, 0) is 18.2 Å². The van der Waals surface area contributed by atoms with Crippen LogP contribution in [0.15, 0.2) is 18.2 Å². The van der Waals surface area contributed by atoms with E-state index >= 15 is 0 Å². The van der Waals surface area contributed by atoms with E-state index in [1.165, 1.54) is 0 Å². The molecular weight excluding hydrogens is 186 g/mol. The molecule has 0 unspecified atom stereocenters. The third-order valence-electron chi connectivity index (χ3n) is 1.45. The molecule has 0 atom stereocenters. The number of hydrogen-bond acceptors (Lipinski definition) is 2. The Hall–Kier alpha value is -1.17. The quantitative estimate of drug-likeness (QED) is 0.549. The first-order chi connectivity index (χ1) is 6.24. The number of methoxy groups -OCH3 is 1. The van der Waals surface area contributed by atoms with Gasteiger partial charge in [-0.25, -0.2) is 0 Å². The Balaban J connectivity index is 2.85. The molecule has 0 amide bonds. The first-order valence-corrected chi connectivity index (χ1v) is 4.14. The van der Waals surface area contributed by atoms with Gasteiger partial charge in [-0.1, -0.05) is 23.4 Å². The minimum Gasteiger partial charge on any atom is -0.398 e. The molecule has 3 heteroatoms. The lowest BCUT2D eigenvalue weighted by Gasteiger charge is -1.97. The molecule has 0 aliphatic heterocycles. The third kappa shape index (κ3) is 2.98. The highest BCUT2D eigenvalue weighted by atomic mass is 35.5. The summed E-state index contributed by atoms with van der Waals surface area (Å²) in [6, 6.07) is 5.23.